The van der Waals surface area contributed by atoms with Gasteiger partial charge in [0.1, 0.15) is 0 Å². The summed E-state index contributed by atoms with van der Waals surface area (Å²) >= 11 is 0. The lowest BCUT2D eigenvalue weighted by Crippen LogP contribution is -2.18. The maximum Gasteiger partial charge on any atom is 0.343 e. The molecule has 0 heterocycles. The summed E-state index contributed by atoms with van der Waals surface area (Å²) in [5, 5.41) is 4.01. The molecule has 0 atom stereocenters. The highest BCUT2D eigenvalue weighted by atomic mass is 16.6. The van der Waals surface area contributed by atoms with Gasteiger partial charge < -0.3 is 9.47 Å². The molecule has 0 fully saturated rings. The lowest BCUT2D eigenvalue weighted by molar-refractivity contribution is 0.0729. The van der Waals surface area contributed by atoms with E-state index >= 15 is 0 Å². The van der Waals surface area contributed by atoms with Gasteiger partial charge >= 0.3 is 5.97 Å². The molecular weight excluding hydrogens is 416 g/mol. The van der Waals surface area contributed by atoms with Gasteiger partial charge in [0.05, 0.1) is 18.9 Å². The Morgan fingerprint density at radius 2 is 1.64 bits per heavy atom. The summed E-state index contributed by atoms with van der Waals surface area (Å²) < 4.78 is 10.9. The van der Waals surface area contributed by atoms with Crippen LogP contribution in [0.2, 0.25) is 0 Å². The number of aryl methyl sites for hydroxylation is 1. The first-order chi connectivity index (χ1) is 15.7. The molecule has 170 valence electrons. The summed E-state index contributed by atoms with van der Waals surface area (Å²) in [6.07, 6.45) is 1.50. The molecule has 0 radical (unpaired) electrons. The number of hydrogen-bond acceptors (Lipinski definition) is 5. The minimum atomic E-state index is -0.472. The van der Waals surface area contributed by atoms with Crippen LogP contribution in [0, 0.1) is 6.92 Å². The van der Waals surface area contributed by atoms with Crippen LogP contribution in [0.5, 0.6) is 11.5 Å². The van der Waals surface area contributed by atoms with Crippen LogP contribution in [0.1, 0.15) is 58.2 Å². The number of carbonyl (C=O) groups is 2. The van der Waals surface area contributed by atoms with E-state index in [0.717, 1.165) is 11.1 Å². The van der Waals surface area contributed by atoms with Gasteiger partial charge in [-0.3, -0.25) is 4.79 Å². The average molecular weight is 445 g/mol. The van der Waals surface area contributed by atoms with E-state index in [-0.39, 0.29) is 11.3 Å². The molecule has 0 aliphatic carbocycles. The number of benzene rings is 3. The Labute approximate surface area is 194 Å². The lowest BCUT2D eigenvalue weighted by atomic mass is 9.87. The predicted molar refractivity (Wildman–Crippen MR) is 129 cm³/mol. The second-order valence-electron chi connectivity index (χ2n) is 8.64. The van der Waals surface area contributed by atoms with E-state index in [1.807, 2.05) is 31.2 Å². The van der Waals surface area contributed by atoms with Crippen molar-refractivity contribution in [3.05, 3.63) is 94.5 Å². The van der Waals surface area contributed by atoms with Crippen molar-refractivity contribution >= 4 is 18.1 Å². The average Bonchev–Trinajstić information content (AvgIpc) is 2.79. The number of rotatable bonds is 6. The third-order valence-corrected chi connectivity index (χ3v) is 5.15. The molecule has 0 aliphatic heterocycles. The van der Waals surface area contributed by atoms with Crippen LogP contribution in [0.15, 0.2) is 71.8 Å². The van der Waals surface area contributed by atoms with E-state index in [1.54, 1.807) is 42.5 Å². The standard InChI is InChI=1S/C27H28N2O4/c1-18-8-6-7-9-22(18)25(30)29-28-17-19-10-15-23(24(16-19)32-5)33-26(31)20-11-13-21(14-12-20)27(2,3)4/h6-17H,1-5H3,(H,29,30). The highest BCUT2D eigenvalue weighted by Gasteiger charge is 2.16. The maximum atomic E-state index is 12.6. The molecule has 0 spiro atoms. The molecule has 1 amide bonds. The van der Waals surface area contributed by atoms with Crippen molar-refractivity contribution in [3.63, 3.8) is 0 Å². The molecule has 0 saturated carbocycles. The molecule has 0 aliphatic rings. The zero-order chi connectivity index (χ0) is 24.0. The quantitative estimate of drug-likeness (QED) is 0.243. The van der Waals surface area contributed by atoms with Crippen molar-refractivity contribution in [2.75, 3.05) is 7.11 Å². The van der Waals surface area contributed by atoms with E-state index < -0.39 is 5.97 Å². The number of amides is 1. The van der Waals surface area contributed by atoms with E-state index in [9.17, 15) is 9.59 Å². The summed E-state index contributed by atoms with van der Waals surface area (Å²) in [4.78, 5) is 24.8. The Balaban J connectivity index is 1.68. The van der Waals surface area contributed by atoms with Gasteiger partial charge in [0.2, 0.25) is 0 Å². The Kier molecular flexibility index (Phi) is 7.28. The van der Waals surface area contributed by atoms with E-state index in [1.165, 1.54) is 13.3 Å². The van der Waals surface area contributed by atoms with Crippen molar-refractivity contribution in [3.8, 4) is 11.5 Å². The first-order valence-corrected chi connectivity index (χ1v) is 10.6. The molecule has 1 N–H and O–H groups in total. The van der Waals surface area contributed by atoms with E-state index in [2.05, 4.69) is 31.3 Å². The molecule has 0 bridgehead atoms. The van der Waals surface area contributed by atoms with Crippen molar-refractivity contribution in [2.45, 2.75) is 33.1 Å². The van der Waals surface area contributed by atoms with Crippen LogP contribution < -0.4 is 14.9 Å². The van der Waals surface area contributed by atoms with Crippen LogP contribution in [0.25, 0.3) is 0 Å². The normalized spacial score (nSPS) is 11.3. The van der Waals surface area contributed by atoms with Gasteiger partial charge in [-0.15, -0.1) is 0 Å². The van der Waals surface area contributed by atoms with Gasteiger partial charge in [-0.25, -0.2) is 10.2 Å². The second kappa shape index (κ2) is 10.1. The Morgan fingerprint density at radius 3 is 2.27 bits per heavy atom. The number of hydrogen-bond donors (Lipinski definition) is 1. The Morgan fingerprint density at radius 1 is 0.939 bits per heavy atom. The minimum absolute atomic E-state index is 0.00241. The minimum Gasteiger partial charge on any atom is -0.493 e. The summed E-state index contributed by atoms with van der Waals surface area (Å²) in [7, 11) is 1.49. The molecule has 6 nitrogen and oxygen atoms in total. The fraction of sp³-hybridized carbons (Fsp3) is 0.222. The maximum absolute atomic E-state index is 12.6. The number of nitrogens with one attached hydrogen (secondary N) is 1. The monoisotopic (exact) mass is 444 g/mol. The highest BCUT2D eigenvalue weighted by molar-refractivity contribution is 5.96. The van der Waals surface area contributed by atoms with Gasteiger partial charge in [-0.2, -0.15) is 5.10 Å². The van der Waals surface area contributed by atoms with Crippen molar-refractivity contribution < 1.29 is 19.1 Å². The van der Waals surface area contributed by atoms with Crippen molar-refractivity contribution in [2.24, 2.45) is 5.10 Å². The number of methoxy groups -OCH3 is 1. The number of nitrogens with zero attached hydrogens (tertiary/aromatic N) is 1. The van der Waals surface area contributed by atoms with Crippen LogP contribution in [0.3, 0.4) is 0 Å². The van der Waals surface area contributed by atoms with Crippen LogP contribution in [0.4, 0.5) is 0 Å². The zero-order valence-corrected chi connectivity index (χ0v) is 19.5. The Bertz CT molecular complexity index is 1180. The molecular formula is C27H28N2O4. The van der Waals surface area contributed by atoms with Crippen LogP contribution in [-0.2, 0) is 5.41 Å². The molecule has 3 aromatic rings. The van der Waals surface area contributed by atoms with E-state index in [4.69, 9.17) is 9.47 Å². The van der Waals surface area contributed by atoms with Gasteiger partial charge in [0, 0.05) is 5.56 Å². The fourth-order valence-electron chi connectivity index (χ4n) is 3.17. The molecule has 3 aromatic carbocycles. The number of esters is 1. The van der Waals surface area contributed by atoms with E-state index in [0.29, 0.717) is 28.2 Å². The third-order valence-electron chi connectivity index (χ3n) is 5.15. The lowest BCUT2D eigenvalue weighted by Gasteiger charge is -2.19. The van der Waals surface area contributed by atoms with Gasteiger partial charge in [-0.05, 0) is 65.4 Å². The molecule has 6 heteroatoms. The fourth-order valence-corrected chi connectivity index (χ4v) is 3.17. The number of ether oxygens (including phenoxy) is 2. The first kappa shape index (κ1) is 23.7. The molecule has 3 rings (SSSR count). The molecule has 33 heavy (non-hydrogen) atoms. The zero-order valence-electron chi connectivity index (χ0n) is 19.5. The van der Waals surface area contributed by atoms with Crippen molar-refractivity contribution in [1.29, 1.82) is 0 Å². The van der Waals surface area contributed by atoms with Crippen molar-refractivity contribution in [1.82, 2.24) is 5.43 Å². The first-order valence-electron chi connectivity index (χ1n) is 10.6. The number of carbonyl (C=O) groups excluding carboxylic acids is 2. The van der Waals surface area contributed by atoms with Gasteiger partial charge in [0.15, 0.2) is 11.5 Å². The highest BCUT2D eigenvalue weighted by Crippen LogP contribution is 2.29. The van der Waals surface area contributed by atoms with Crippen LogP contribution >= 0.6 is 0 Å². The topological polar surface area (TPSA) is 77.0 Å². The summed E-state index contributed by atoms with van der Waals surface area (Å²) in [6.45, 7) is 8.21. The molecule has 0 saturated heterocycles. The van der Waals surface area contributed by atoms with Gasteiger partial charge in [-0.1, -0.05) is 51.1 Å². The predicted octanol–water partition coefficient (Wildman–Crippen LogP) is 5.28. The molecule has 0 aromatic heterocycles. The summed E-state index contributed by atoms with van der Waals surface area (Å²) in [6, 6.07) is 19.7. The Hall–Kier alpha value is -3.93. The van der Waals surface area contributed by atoms with Gasteiger partial charge in [0.25, 0.3) is 5.91 Å². The largest absolute Gasteiger partial charge is 0.493 e. The summed E-state index contributed by atoms with van der Waals surface area (Å²) in [5.74, 6) is -0.0904. The summed E-state index contributed by atoms with van der Waals surface area (Å²) in [5.41, 5.74) is 6.20. The third kappa shape index (κ3) is 6.07. The van der Waals surface area contributed by atoms with Crippen LogP contribution in [-0.4, -0.2) is 25.2 Å². The second-order valence-corrected chi connectivity index (χ2v) is 8.64. The SMILES string of the molecule is COc1cc(C=NNC(=O)c2ccccc2C)ccc1OC(=O)c1ccc(C(C)(C)C)cc1. The molecule has 0 unspecified atom stereocenters. The number of hydrazone groups is 1. The smallest absolute Gasteiger partial charge is 0.343 e.